The number of piperazine rings is 1. The van der Waals surface area contributed by atoms with Crippen LogP contribution in [0.5, 0.6) is 0 Å². The maximum absolute atomic E-state index is 4.98. The molecule has 0 saturated carbocycles. The lowest BCUT2D eigenvalue weighted by Crippen LogP contribution is -2.52. The van der Waals surface area contributed by atoms with Crippen molar-refractivity contribution >= 4 is 33.2 Å². The maximum atomic E-state index is 4.98. The van der Waals surface area contributed by atoms with Gasteiger partial charge in [-0.15, -0.1) is 11.3 Å². The Morgan fingerprint density at radius 2 is 2.17 bits per heavy atom. The molecule has 1 fully saturated rings. The van der Waals surface area contributed by atoms with Crippen molar-refractivity contribution in [3.8, 4) is 0 Å². The fourth-order valence-corrected chi connectivity index (χ4v) is 4.20. The molecular formula is C15H21BrN6OS. The van der Waals surface area contributed by atoms with E-state index in [1.54, 1.807) is 25.3 Å². The molecule has 1 aliphatic heterocycles. The van der Waals surface area contributed by atoms with Gasteiger partial charge in [-0.05, 0) is 28.1 Å². The summed E-state index contributed by atoms with van der Waals surface area (Å²) in [6, 6.07) is 4.30. The molecule has 130 valence electrons. The van der Waals surface area contributed by atoms with Gasteiger partial charge in [0.2, 0.25) is 5.89 Å². The number of aryl methyl sites for hydroxylation is 1. The molecule has 2 aromatic heterocycles. The molecule has 1 N–H and O–H groups in total. The highest BCUT2D eigenvalue weighted by atomic mass is 79.9. The number of aliphatic imine (C=N–C) groups is 1. The molecule has 3 heterocycles. The van der Waals surface area contributed by atoms with Gasteiger partial charge in [0.05, 0.1) is 10.3 Å². The first-order valence-corrected chi connectivity index (χ1v) is 9.46. The van der Waals surface area contributed by atoms with Gasteiger partial charge in [0.15, 0.2) is 11.8 Å². The van der Waals surface area contributed by atoms with Gasteiger partial charge in [-0.1, -0.05) is 5.16 Å². The first kappa shape index (κ1) is 17.4. The van der Waals surface area contributed by atoms with E-state index < -0.39 is 0 Å². The highest BCUT2D eigenvalue weighted by molar-refractivity contribution is 9.11. The molecule has 24 heavy (non-hydrogen) atoms. The molecule has 0 aliphatic carbocycles. The standard InChI is InChI=1S/C15H21BrN6OS/c1-11-19-14(20-23-11)9-18-15(17-2)22-7-5-21(6-8-22)10-12-3-4-13(16)24-12/h3-4H,5-10H2,1-2H3,(H,17,18). The molecule has 0 amide bonds. The lowest BCUT2D eigenvalue weighted by Gasteiger charge is -2.36. The van der Waals surface area contributed by atoms with Crippen LogP contribution in [-0.4, -0.2) is 59.1 Å². The van der Waals surface area contributed by atoms with Crippen LogP contribution in [0.3, 0.4) is 0 Å². The zero-order chi connectivity index (χ0) is 16.9. The highest BCUT2D eigenvalue weighted by Gasteiger charge is 2.20. The van der Waals surface area contributed by atoms with E-state index in [4.69, 9.17) is 4.52 Å². The summed E-state index contributed by atoms with van der Waals surface area (Å²) in [4.78, 5) is 14.7. The minimum absolute atomic E-state index is 0.521. The average Bonchev–Trinajstić information content (AvgIpc) is 3.18. The van der Waals surface area contributed by atoms with Crippen LogP contribution in [0, 0.1) is 6.92 Å². The normalized spacial score (nSPS) is 16.6. The monoisotopic (exact) mass is 412 g/mol. The number of rotatable bonds is 4. The molecule has 1 saturated heterocycles. The number of hydrogen-bond acceptors (Lipinski definition) is 6. The van der Waals surface area contributed by atoms with Gasteiger partial charge < -0.3 is 14.7 Å². The number of halogens is 1. The smallest absolute Gasteiger partial charge is 0.223 e. The third kappa shape index (κ3) is 4.55. The van der Waals surface area contributed by atoms with Crippen LogP contribution in [0.25, 0.3) is 0 Å². The Bertz CT molecular complexity index is 692. The molecule has 7 nitrogen and oxygen atoms in total. The van der Waals surface area contributed by atoms with Crippen LogP contribution in [0.4, 0.5) is 0 Å². The second-order valence-corrected chi connectivity index (χ2v) is 8.15. The summed E-state index contributed by atoms with van der Waals surface area (Å²) >= 11 is 5.33. The summed E-state index contributed by atoms with van der Waals surface area (Å²) in [6.45, 7) is 7.28. The first-order valence-electron chi connectivity index (χ1n) is 7.85. The first-order chi connectivity index (χ1) is 11.6. The van der Waals surface area contributed by atoms with E-state index in [2.05, 4.69) is 58.3 Å². The second kappa shape index (κ2) is 8.09. The van der Waals surface area contributed by atoms with Crippen molar-refractivity contribution in [1.82, 2.24) is 25.3 Å². The van der Waals surface area contributed by atoms with E-state index in [1.165, 1.54) is 8.66 Å². The van der Waals surface area contributed by atoms with E-state index in [0.717, 1.165) is 38.7 Å². The fraction of sp³-hybridized carbons (Fsp3) is 0.533. The summed E-state index contributed by atoms with van der Waals surface area (Å²) in [5, 5.41) is 7.20. The molecule has 0 spiro atoms. The minimum Gasteiger partial charge on any atom is -0.349 e. The molecule has 0 unspecified atom stereocenters. The summed E-state index contributed by atoms with van der Waals surface area (Å²) in [5.74, 6) is 2.11. The predicted molar refractivity (Wildman–Crippen MR) is 98.1 cm³/mol. The topological polar surface area (TPSA) is 69.8 Å². The van der Waals surface area contributed by atoms with Gasteiger partial charge >= 0.3 is 0 Å². The fourth-order valence-electron chi connectivity index (χ4n) is 2.68. The molecule has 9 heteroatoms. The van der Waals surface area contributed by atoms with Crippen LogP contribution in [0.1, 0.15) is 16.6 Å². The van der Waals surface area contributed by atoms with E-state index >= 15 is 0 Å². The molecule has 0 aromatic carbocycles. The summed E-state index contributed by atoms with van der Waals surface area (Å²) in [5.41, 5.74) is 0. The third-order valence-electron chi connectivity index (χ3n) is 3.87. The van der Waals surface area contributed by atoms with Gasteiger partial charge in [-0.2, -0.15) is 4.98 Å². The average molecular weight is 413 g/mol. The Hall–Kier alpha value is -1.45. The zero-order valence-electron chi connectivity index (χ0n) is 13.8. The van der Waals surface area contributed by atoms with E-state index in [-0.39, 0.29) is 0 Å². The number of guanidine groups is 1. The number of nitrogens with one attached hydrogen (secondary N) is 1. The highest BCUT2D eigenvalue weighted by Crippen LogP contribution is 2.23. The number of thiophene rings is 1. The summed E-state index contributed by atoms with van der Waals surface area (Å²) in [7, 11) is 1.80. The van der Waals surface area contributed by atoms with Crippen molar-refractivity contribution in [2.45, 2.75) is 20.0 Å². The van der Waals surface area contributed by atoms with E-state index in [9.17, 15) is 0 Å². The number of nitrogens with zero attached hydrogens (tertiary/aromatic N) is 5. The van der Waals surface area contributed by atoms with Crippen LogP contribution in [0.2, 0.25) is 0 Å². The predicted octanol–water partition coefficient (Wildman–Crippen LogP) is 2.10. The van der Waals surface area contributed by atoms with Gasteiger partial charge in [-0.3, -0.25) is 9.89 Å². The Morgan fingerprint density at radius 3 is 2.75 bits per heavy atom. The quantitative estimate of drug-likeness (QED) is 0.612. The van der Waals surface area contributed by atoms with Gasteiger partial charge in [0, 0.05) is 51.6 Å². The lowest BCUT2D eigenvalue weighted by atomic mass is 10.3. The van der Waals surface area contributed by atoms with Crippen molar-refractivity contribution in [1.29, 1.82) is 0 Å². The molecule has 0 bridgehead atoms. The number of hydrogen-bond donors (Lipinski definition) is 1. The minimum atomic E-state index is 0.521. The zero-order valence-corrected chi connectivity index (χ0v) is 16.2. The number of aromatic nitrogens is 2. The Kier molecular flexibility index (Phi) is 5.85. The summed E-state index contributed by atoms with van der Waals surface area (Å²) in [6.07, 6.45) is 0. The van der Waals surface area contributed by atoms with Crippen molar-refractivity contribution in [2.24, 2.45) is 4.99 Å². The lowest BCUT2D eigenvalue weighted by molar-refractivity contribution is 0.173. The maximum Gasteiger partial charge on any atom is 0.223 e. The Balaban J connectivity index is 1.47. The molecule has 0 atom stereocenters. The molecular weight excluding hydrogens is 392 g/mol. The SMILES string of the molecule is CN=C(NCc1noc(C)n1)N1CCN(Cc2ccc(Br)s2)CC1. The summed E-state index contributed by atoms with van der Waals surface area (Å²) < 4.78 is 6.18. The van der Waals surface area contributed by atoms with Crippen molar-refractivity contribution in [3.05, 3.63) is 32.5 Å². The van der Waals surface area contributed by atoms with Gasteiger partial charge in [0.25, 0.3) is 0 Å². The van der Waals surface area contributed by atoms with Crippen molar-refractivity contribution in [2.75, 3.05) is 33.2 Å². The van der Waals surface area contributed by atoms with Crippen molar-refractivity contribution in [3.63, 3.8) is 0 Å². The molecule has 0 radical (unpaired) electrons. The van der Waals surface area contributed by atoms with Crippen LogP contribution < -0.4 is 5.32 Å². The Labute approximate surface area is 153 Å². The van der Waals surface area contributed by atoms with Gasteiger partial charge in [0.1, 0.15) is 0 Å². The van der Waals surface area contributed by atoms with Crippen LogP contribution >= 0.6 is 27.3 Å². The van der Waals surface area contributed by atoms with Crippen molar-refractivity contribution < 1.29 is 4.52 Å². The van der Waals surface area contributed by atoms with E-state index in [1.807, 2.05) is 0 Å². The van der Waals surface area contributed by atoms with Gasteiger partial charge in [-0.25, -0.2) is 0 Å². The van der Waals surface area contributed by atoms with E-state index in [0.29, 0.717) is 18.3 Å². The van der Waals surface area contributed by atoms with Crippen LogP contribution in [0.15, 0.2) is 25.4 Å². The molecule has 3 rings (SSSR count). The van der Waals surface area contributed by atoms with Crippen LogP contribution in [-0.2, 0) is 13.1 Å². The molecule has 1 aliphatic rings. The molecule has 2 aromatic rings. The second-order valence-electron chi connectivity index (χ2n) is 5.60. The Morgan fingerprint density at radius 1 is 1.38 bits per heavy atom. The third-order valence-corrected chi connectivity index (χ3v) is 5.47. The largest absolute Gasteiger partial charge is 0.349 e.